The minimum atomic E-state index is -4.10. The summed E-state index contributed by atoms with van der Waals surface area (Å²) in [4.78, 5) is 11.5. The Bertz CT molecular complexity index is 924. The lowest BCUT2D eigenvalue weighted by Crippen LogP contribution is -3.07. The van der Waals surface area contributed by atoms with Gasteiger partial charge in [-0.15, -0.1) is 0 Å². The molecule has 160 valence electrons. The molecule has 0 radical (unpaired) electrons. The van der Waals surface area contributed by atoms with Gasteiger partial charge in [0.15, 0.2) is 0 Å². The number of hydrogen-bond donors (Lipinski definition) is 2. The normalized spacial score (nSPS) is 12.2. The molecule has 0 saturated carbocycles. The number of non-ortho nitro benzene ring substituents is 1. The van der Waals surface area contributed by atoms with E-state index in [2.05, 4.69) is 0 Å². The summed E-state index contributed by atoms with van der Waals surface area (Å²) in [7, 11) is 0.900. The Morgan fingerprint density at radius 3 is 2.34 bits per heavy atom. The second-order valence-electron chi connectivity index (χ2n) is 6.53. The van der Waals surface area contributed by atoms with E-state index in [1.165, 1.54) is 31.4 Å². The number of anilines is 1. The van der Waals surface area contributed by atoms with E-state index >= 15 is 0 Å². The minimum Gasteiger partial charge on any atom is -1.00 e. The largest absolute Gasteiger partial charge is 1.00 e. The fourth-order valence-corrected chi connectivity index (χ4v) is 4.29. The van der Waals surface area contributed by atoms with Crippen molar-refractivity contribution < 1.29 is 40.5 Å². The number of likely N-dealkylation sites (N-methyl/N-ethyl adjacent to an activating group) is 1. The van der Waals surface area contributed by atoms with Crippen LogP contribution in [0.15, 0.2) is 53.4 Å². The van der Waals surface area contributed by atoms with Gasteiger partial charge in [0.25, 0.3) is 15.7 Å². The highest BCUT2D eigenvalue weighted by Crippen LogP contribution is 2.35. The summed E-state index contributed by atoms with van der Waals surface area (Å²) >= 11 is 0. The van der Waals surface area contributed by atoms with Crippen molar-refractivity contribution in [3.63, 3.8) is 0 Å². The molecule has 1 unspecified atom stereocenters. The maximum absolute atomic E-state index is 13.3. The van der Waals surface area contributed by atoms with Crippen LogP contribution in [0.25, 0.3) is 0 Å². The average Bonchev–Trinajstić information content (AvgIpc) is 2.65. The highest BCUT2D eigenvalue weighted by atomic mass is 35.5. The summed E-state index contributed by atoms with van der Waals surface area (Å²) in [6, 6.07) is 11.4. The number of halogens is 1. The summed E-state index contributed by atoms with van der Waals surface area (Å²) < 4.78 is 32.8. The Labute approximate surface area is 176 Å². The molecule has 9 nitrogen and oxygen atoms in total. The minimum absolute atomic E-state index is 0. The summed E-state index contributed by atoms with van der Waals surface area (Å²) in [5, 5.41) is 21.6. The summed E-state index contributed by atoms with van der Waals surface area (Å²) in [6.07, 6.45) is -0.993. The van der Waals surface area contributed by atoms with Gasteiger partial charge in [0, 0.05) is 12.1 Å². The third-order valence-electron chi connectivity index (χ3n) is 3.99. The molecule has 1 atom stereocenters. The first-order valence-corrected chi connectivity index (χ1v) is 9.98. The first-order valence-electron chi connectivity index (χ1n) is 8.54. The highest BCUT2D eigenvalue weighted by Gasteiger charge is 2.31. The van der Waals surface area contributed by atoms with Crippen LogP contribution in [0.2, 0.25) is 0 Å². The molecule has 0 aliphatic heterocycles. The molecule has 29 heavy (non-hydrogen) atoms. The maximum Gasteiger partial charge on any atom is 0.271 e. The smallest absolute Gasteiger partial charge is 0.271 e. The summed E-state index contributed by atoms with van der Waals surface area (Å²) in [6.45, 7) is 0.0119. The maximum atomic E-state index is 13.3. The van der Waals surface area contributed by atoms with Crippen LogP contribution in [0, 0.1) is 10.1 Å². The van der Waals surface area contributed by atoms with Gasteiger partial charge < -0.3 is 27.2 Å². The monoisotopic (exact) mass is 445 g/mol. The molecule has 0 spiro atoms. The van der Waals surface area contributed by atoms with Crippen molar-refractivity contribution in [3.8, 4) is 5.75 Å². The summed E-state index contributed by atoms with van der Waals surface area (Å²) in [5.41, 5.74) is -0.287. The zero-order valence-corrected chi connectivity index (χ0v) is 17.9. The number of quaternary nitrogens is 1. The first-order chi connectivity index (χ1) is 13.2. The zero-order valence-electron chi connectivity index (χ0n) is 16.3. The Kier molecular flexibility index (Phi) is 8.83. The van der Waals surface area contributed by atoms with Gasteiger partial charge in [0.1, 0.15) is 24.1 Å². The number of aliphatic hydroxyl groups is 1. The lowest BCUT2D eigenvalue weighted by Gasteiger charge is -2.28. The van der Waals surface area contributed by atoms with Crippen LogP contribution >= 0.6 is 0 Å². The van der Waals surface area contributed by atoms with Crippen molar-refractivity contribution in [1.29, 1.82) is 0 Å². The molecule has 2 rings (SSSR count). The number of nitro groups is 1. The fraction of sp³-hybridized carbons (Fsp3) is 0.333. The van der Waals surface area contributed by atoms with Crippen molar-refractivity contribution in [2.75, 3.05) is 38.6 Å². The highest BCUT2D eigenvalue weighted by molar-refractivity contribution is 7.92. The van der Waals surface area contributed by atoms with E-state index in [0.717, 1.165) is 15.3 Å². The van der Waals surface area contributed by atoms with E-state index in [-0.39, 0.29) is 47.5 Å². The van der Waals surface area contributed by atoms with Crippen molar-refractivity contribution >= 4 is 21.4 Å². The third kappa shape index (κ3) is 6.04. The predicted molar refractivity (Wildman–Crippen MR) is 104 cm³/mol. The zero-order chi connectivity index (χ0) is 20.9. The predicted octanol–water partition coefficient (Wildman–Crippen LogP) is -2.69. The molecule has 0 amide bonds. The van der Waals surface area contributed by atoms with E-state index in [1.54, 1.807) is 18.2 Å². The SMILES string of the molecule is COc1ccc([N+](=O)[O-])cc1N(CC(O)C[NH+](C)C)S(=O)(=O)c1ccccc1.[Cl-]. The Morgan fingerprint density at radius 2 is 1.83 bits per heavy atom. The second-order valence-corrected chi connectivity index (χ2v) is 8.39. The number of nitrogens with zero attached hydrogens (tertiary/aromatic N) is 2. The van der Waals surface area contributed by atoms with Crippen LogP contribution in [-0.4, -0.2) is 58.8 Å². The molecule has 0 aromatic heterocycles. The average molecular weight is 446 g/mol. The molecule has 0 aliphatic carbocycles. The quantitative estimate of drug-likeness (QED) is 0.321. The molecule has 0 bridgehead atoms. The van der Waals surface area contributed by atoms with E-state index in [0.29, 0.717) is 0 Å². The Hall–Kier alpha value is -2.40. The van der Waals surface area contributed by atoms with Crippen molar-refractivity contribution in [2.45, 2.75) is 11.0 Å². The van der Waals surface area contributed by atoms with Crippen LogP contribution in [0.1, 0.15) is 0 Å². The first kappa shape index (κ1) is 24.6. The molecule has 0 saturated heterocycles. The lowest BCUT2D eigenvalue weighted by atomic mass is 10.2. The second kappa shape index (κ2) is 10.4. The van der Waals surface area contributed by atoms with Gasteiger partial charge in [-0.1, -0.05) is 18.2 Å². The van der Waals surface area contributed by atoms with E-state index in [4.69, 9.17) is 4.74 Å². The number of nitro benzene ring substituents is 1. The molecule has 0 fully saturated rings. The van der Waals surface area contributed by atoms with E-state index < -0.39 is 21.1 Å². The van der Waals surface area contributed by atoms with Gasteiger partial charge in [-0.3, -0.25) is 14.4 Å². The van der Waals surface area contributed by atoms with Crippen LogP contribution in [-0.2, 0) is 10.0 Å². The van der Waals surface area contributed by atoms with Gasteiger partial charge >= 0.3 is 0 Å². The number of ether oxygens (including phenoxy) is 1. The Morgan fingerprint density at radius 1 is 1.21 bits per heavy atom. The molecular formula is C18H24ClN3O6S. The molecule has 11 heteroatoms. The third-order valence-corrected chi connectivity index (χ3v) is 5.79. The van der Waals surface area contributed by atoms with E-state index in [9.17, 15) is 23.6 Å². The molecule has 2 aromatic carbocycles. The van der Waals surface area contributed by atoms with Gasteiger partial charge in [-0.2, -0.15) is 0 Å². The molecule has 0 aliphatic rings. The lowest BCUT2D eigenvalue weighted by molar-refractivity contribution is -0.861. The standard InChI is InChI=1S/C18H23N3O6S.ClH/c1-19(2)12-15(22)13-20(28(25,26)16-7-5-4-6-8-16)17-11-14(21(23)24)9-10-18(17)27-3;/h4-11,15,22H,12-13H2,1-3H3;1H. The van der Waals surface area contributed by atoms with Gasteiger partial charge in [-0.25, -0.2) is 8.42 Å². The van der Waals surface area contributed by atoms with Crippen molar-refractivity contribution in [2.24, 2.45) is 0 Å². The van der Waals surface area contributed by atoms with Crippen LogP contribution in [0.5, 0.6) is 5.75 Å². The molecular weight excluding hydrogens is 422 g/mol. The van der Waals surface area contributed by atoms with Crippen LogP contribution in [0.4, 0.5) is 11.4 Å². The number of sulfonamides is 1. The van der Waals surface area contributed by atoms with Gasteiger partial charge in [-0.05, 0) is 18.2 Å². The van der Waals surface area contributed by atoms with Crippen molar-refractivity contribution in [3.05, 3.63) is 58.6 Å². The molecule has 2 aromatic rings. The molecule has 2 N–H and O–H groups in total. The topological polar surface area (TPSA) is 114 Å². The van der Waals surface area contributed by atoms with Crippen molar-refractivity contribution in [1.82, 2.24) is 0 Å². The number of nitrogens with one attached hydrogen (secondary N) is 1. The number of hydrogen-bond acceptors (Lipinski definition) is 6. The van der Waals surface area contributed by atoms with Gasteiger partial charge in [0.2, 0.25) is 0 Å². The summed E-state index contributed by atoms with van der Waals surface area (Å²) in [5.74, 6) is 0.148. The van der Waals surface area contributed by atoms with Crippen LogP contribution < -0.4 is 26.3 Å². The fourth-order valence-electron chi connectivity index (χ4n) is 2.76. The number of methoxy groups -OCH3 is 1. The number of aliphatic hydroxyl groups excluding tert-OH is 1. The number of benzene rings is 2. The Balaban J connectivity index is 0.00000420. The van der Waals surface area contributed by atoms with E-state index in [1.807, 2.05) is 14.1 Å². The molecule has 0 heterocycles. The van der Waals surface area contributed by atoms with Gasteiger partial charge in [0.05, 0.1) is 37.6 Å². The van der Waals surface area contributed by atoms with Crippen LogP contribution in [0.3, 0.4) is 0 Å². The number of rotatable bonds is 9.